The predicted molar refractivity (Wildman–Crippen MR) is 80.5 cm³/mol. The second kappa shape index (κ2) is 6.53. The van der Waals surface area contributed by atoms with Crippen molar-refractivity contribution in [2.45, 2.75) is 26.7 Å². The van der Waals surface area contributed by atoms with Crippen molar-refractivity contribution in [1.29, 1.82) is 0 Å². The molecule has 0 spiro atoms. The Labute approximate surface area is 114 Å². The van der Waals surface area contributed by atoms with E-state index < -0.39 is 0 Å². The Kier molecular flexibility index (Phi) is 4.74. The van der Waals surface area contributed by atoms with Crippen molar-refractivity contribution in [2.75, 3.05) is 18.5 Å². The Balaban J connectivity index is 2.13. The van der Waals surface area contributed by atoms with Crippen LogP contribution in [-0.2, 0) is 0 Å². The molecule has 0 radical (unpaired) electrons. The van der Waals surface area contributed by atoms with Crippen LogP contribution >= 0.6 is 0 Å². The van der Waals surface area contributed by atoms with Crippen LogP contribution in [0.4, 0.5) is 5.82 Å². The van der Waals surface area contributed by atoms with Crippen LogP contribution in [-0.4, -0.2) is 23.2 Å². The summed E-state index contributed by atoms with van der Waals surface area (Å²) < 4.78 is 0. The van der Waals surface area contributed by atoms with E-state index in [0.29, 0.717) is 5.92 Å². The number of para-hydroxylation sites is 1. The van der Waals surface area contributed by atoms with Gasteiger partial charge in [-0.1, -0.05) is 31.5 Å². The molecule has 0 saturated heterocycles. The molecule has 2 N–H and O–H groups in total. The molecule has 19 heavy (non-hydrogen) atoms. The van der Waals surface area contributed by atoms with Crippen molar-refractivity contribution in [3.8, 4) is 0 Å². The molecule has 0 aliphatic rings. The summed E-state index contributed by atoms with van der Waals surface area (Å²) in [7, 11) is 0. The highest BCUT2D eigenvalue weighted by atomic mass is 16.3. The van der Waals surface area contributed by atoms with E-state index in [0.717, 1.165) is 36.3 Å². The summed E-state index contributed by atoms with van der Waals surface area (Å²) in [4.78, 5) is 4.67. The molecule has 1 heterocycles. The zero-order chi connectivity index (χ0) is 13.7. The zero-order valence-electron chi connectivity index (χ0n) is 11.7. The molecule has 0 amide bonds. The van der Waals surface area contributed by atoms with Gasteiger partial charge in [0.05, 0.1) is 5.52 Å². The molecule has 0 saturated carbocycles. The topological polar surface area (TPSA) is 45.1 Å². The first-order valence-corrected chi connectivity index (χ1v) is 6.95. The number of hydrogen-bond donors (Lipinski definition) is 2. The minimum absolute atomic E-state index is 0.254. The summed E-state index contributed by atoms with van der Waals surface area (Å²) in [6.45, 7) is 5.35. The van der Waals surface area contributed by atoms with E-state index in [-0.39, 0.29) is 6.61 Å². The highest BCUT2D eigenvalue weighted by Gasteiger charge is 2.08. The highest BCUT2D eigenvalue weighted by molar-refractivity contribution is 5.81. The number of nitrogens with zero attached hydrogens (tertiary/aromatic N) is 1. The number of rotatable bonds is 6. The maximum absolute atomic E-state index is 9.02. The van der Waals surface area contributed by atoms with Crippen LogP contribution in [0.2, 0.25) is 0 Å². The number of nitrogens with one attached hydrogen (secondary N) is 1. The van der Waals surface area contributed by atoms with Gasteiger partial charge < -0.3 is 10.4 Å². The van der Waals surface area contributed by atoms with E-state index in [4.69, 9.17) is 5.11 Å². The van der Waals surface area contributed by atoms with Crippen LogP contribution in [0.5, 0.6) is 0 Å². The monoisotopic (exact) mass is 258 g/mol. The number of benzene rings is 1. The fourth-order valence-electron chi connectivity index (χ4n) is 2.27. The Bertz CT molecular complexity index is 539. The standard InChI is InChI=1S/C16H22N2O/c1-3-13(8-9-19)11-17-16-12(2)10-14-6-4-5-7-15(14)18-16/h4-7,10,13,19H,3,8-9,11H2,1-2H3,(H,17,18). The number of aliphatic hydroxyl groups is 1. The number of fused-ring (bicyclic) bond motifs is 1. The van der Waals surface area contributed by atoms with Crippen LogP contribution in [0, 0.1) is 12.8 Å². The lowest BCUT2D eigenvalue weighted by atomic mass is 10.0. The average molecular weight is 258 g/mol. The fourth-order valence-corrected chi connectivity index (χ4v) is 2.27. The number of pyridine rings is 1. The summed E-state index contributed by atoms with van der Waals surface area (Å²) in [5.41, 5.74) is 2.18. The highest BCUT2D eigenvalue weighted by Crippen LogP contribution is 2.20. The Morgan fingerprint density at radius 1 is 1.32 bits per heavy atom. The largest absolute Gasteiger partial charge is 0.396 e. The Morgan fingerprint density at radius 3 is 2.84 bits per heavy atom. The first-order valence-electron chi connectivity index (χ1n) is 6.95. The quantitative estimate of drug-likeness (QED) is 0.835. The normalized spacial score (nSPS) is 12.6. The van der Waals surface area contributed by atoms with Crippen LogP contribution < -0.4 is 5.32 Å². The molecule has 0 fully saturated rings. The van der Waals surface area contributed by atoms with Gasteiger partial charge in [0.15, 0.2) is 0 Å². The third kappa shape index (κ3) is 3.44. The van der Waals surface area contributed by atoms with Gasteiger partial charge in [0.25, 0.3) is 0 Å². The van der Waals surface area contributed by atoms with Gasteiger partial charge in [-0.05, 0) is 37.0 Å². The van der Waals surface area contributed by atoms with E-state index in [1.807, 2.05) is 18.2 Å². The van der Waals surface area contributed by atoms with Gasteiger partial charge in [0.1, 0.15) is 5.82 Å². The van der Waals surface area contributed by atoms with E-state index in [1.54, 1.807) is 0 Å². The lowest BCUT2D eigenvalue weighted by molar-refractivity contribution is 0.258. The molecule has 3 nitrogen and oxygen atoms in total. The minimum atomic E-state index is 0.254. The maximum Gasteiger partial charge on any atom is 0.129 e. The molecule has 0 aliphatic carbocycles. The number of aryl methyl sites for hydroxylation is 1. The molecule has 102 valence electrons. The molecule has 2 aromatic rings. The van der Waals surface area contributed by atoms with Crippen molar-refractivity contribution in [3.05, 3.63) is 35.9 Å². The Hall–Kier alpha value is -1.61. The molecular weight excluding hydrogens is 236 g/mol. The summed E-state index contributed by atoms with van der Waals surface area (Å²) in [6.07, 6.45) is 1.91. The van der Waals surface area contributed by atoms with Gasteiger partial charge >= 0.3 is 0 Å². The molecule has 1 aromatic heterocycles. The number of anilines is 1. The zero-order valence-corrected chi connectivity index (χ0v) is 11.7. The summed E-state index contributed by atoms with van der Waals surface area (Å²) in [5.74, 6) is 1.45. The molecule has 0 aliphatic heterocycles. The molecule has 1 aromatic carbocycles. The van der Waals surface area contributed by atoms with Crippen LogP contribution in [0.25, 0.3) is 10.9 Å². The fraction of sp³-hybridized carbons (Fsp3) is 0.438. The number of hydrogen-bond acceptors (Lipinski definition) is 3. The second-order valence-corrected chi connectivity index (χ2v) is 5.01. The molecule has 0 bridgehead atoms. The third-order valence-electron chi connectivity index (χ3n) is 3.59. The van der Waals surface area contributed by atoms with Gasteiger partial charge in [-0.3, -0.25) is 0 Å². The van der Waals surface area contributed by atoms with E-state index >= 15 is 0 Å². The lowest BCUT2D eigenvalue weighted by Crippen LogP contribution is -2.16. The van der Waals surface area contributed by atoms with Crippen molar-refractivity contribution >= 4 is 16.7 Å². The summed E-state index contributed by atoms with van der Waals surface area (Å²) in [5, 5.41) is 13.6. The average Bonchev–Trinajstić information content (AvgIpc) is 2.43. The Morgan fingerprint density at radius 2 is 2.11 bits per heavy atom. The van der Waals surface area contributed by atoms with Gasteiger partial charge in [-0.25, -0.2) is 4.98 Å². The van der Waals surface area contributed by atoms with E-state index in [2.05, 4.69) is 36.3 Å². The van der Waals surface area contributed by atoms with E-state index in [9.17, 15) is 0 Å². The summed E-state index contributed by atoms with van der Waals surface area (Å²) >= 11 is 0. The first kappa shape index (κ1) is 13.8. The second-order valence-electron chi connectivity index (χ2n) is 5.01. The van der Waals surface area contributed by atoms with Crippen LogP contribution in [0.1, 0.15) is 25.3 Å². The van der Waals surface area contributed by atoms with Crippen molar-refractivity contribution < 1.29 is 5.11 Å². The van der Waals surface area contributed by atoms with Crippen LogP contribution in [0.15, 0.2) is 30.3 Å². The maximum atomic E-state index is 9.02. The van der Waals surface area contributed by atoms with Crippen LogP contribution in [0.3, 0.4) is 0 Å². The van der Waals surface area contributed by atoms with Gasteiger partial charge in [-0.15, -0.1) is 0 Å². The van der Waals surface area contributed by atoms with E-state index in [1.165, 1.54) is 5.39 Å². The summed E-state index contributed by atoms with van der Waals surface area (Å²) in [6, 6.07) is 10.3. The predicted octanol–water partition coefficient (Wildman–Crippen LogP) is 3.36. The number of aliphatic hydroxyl groups excluding tert-OH is 1. The van der Waals surface area contributed by atoms with Gasteiger partial charge in [0, 0.05) is 18.5 Å². The van der Waals surface area contributed by atoms with Crippen molar-refractivity contribution in [3.63, 3.8) is 0 Å². The lowest BCUT2D eigenvalue weighted by Gasteiger charge is -2.16. The minimum Gasteiger partial charge on any atom is -0.396 e. The first-order chi connectivity index (χ1) is 9.24. The molecule has 2 rings (SSSR count). The molecule has 1 unspecified atom stereocenters. The molecular formula is C16H22N2O. The third-order valence-corrected chi connectivity index (χ3v) is 3.59. The van der Waals surface area contributed by atoms with Gasteiger partial charge in [0.2, 0.25) is 0 Å². The molecule has 3 heteroatoms. The van der Waals surface area contributed by atoms with Gasteiger partial charge in [-0.2, -0.15) is 0 Å². The smallest absolute Gasteiger partial charge is 0.129 e. The molecule has 1 atom stereocenters. The van der Waals surface area contributed by atoms with Crippen molar-refractivity contribution in [2.24, 2.45) is 5.92 Å². The van der Waals surface area contributed by atoms with Crippen molar-refractivity contribution in [1.82, 2.24) is 4.98 Å². The number of aromatic nitrogens is 1. The SMILES string of the molecule is CCC(CCO)CNc1nc2ccccc2cc1C.